The third-order valence-electron chi connectivity index (χ3n) is 2.58. The van der Waals surface area contributed by atoms with Crippen molar-refractivity contribution in [1.29, 1.82) is 5.26 Å². The lowest BCUT2D eigenvalue weighted by Gasteiger charge is -2.04. The minimum absolute atomic E-state index is 0.545. The van der Waals surface area contributed by atoms with Crippen molar-refractivity contribution in [2.75, 3.05) is 6.61 Å². The molecule has 0 saturated heterocycles. The van der Waals surface area contributed by atoms with Gasteiger partial charge in [-0.25, -0.2) is 4.98 Å². The molecule has 1 heterocycles. The Balaban J connectivity index is 1.91. The Morgan fingerprint density at radius 1 is 1.37 bits per heavy atom. The maximum absolute atomic E-state index is 8.97. The van der Waals surface area contributed by atoms with Crippen LogP contribution < -0.4 is 4.74 Å². The molecule has 5 heteroatoms. The number of aromatic nitrogens is 1. The van der Waals surface area contributed by atoms with E-state index in [9.17, 15) is 0 Å². The van der Waals surface area contributed by atoms with Crippen molar-refractivity contribution in [2.24, 2.45) is 0 Å². The number of hydrogen-bond donors (Lipinski definition) is 0. The highest BCUT2D eigenvalue weighted by atomic mass is 35.5. The lowest BCUT2D eigenvalue weighted by Crippen LogP contribution is -2.01. The average molecular weight is 293 g/mol. The van der Waals surface area contributed by atoms with E-state index in [-0.39, 0.29) is 0 Å². The molecular formula is C14H13ClN2OS. The number of thiazole rings is 1. The summed E-state index contributed by atoms with van der Waals surface area (Å²) >= 11 is 7.25. The van der Waals surface area contributed by atoms with Crippen LogP contribution in [-0.4, -0.2) is 11.6 Å². The number of benzene rings is 1. The first-order valence-electron chi connectivity index (χ1n) is 6.00. The third kappa shape index (κ3) is 3.69. The zero-order chi connectivity index (χ0) is 13.7. The first-order chi connectivity index (χ1) is 9.22. The van der Waals surface area contributed by atoms with Crippen LogP contribution in [0.3, 0.4) is 0 Å². The van der Waals surface area contributed by atoms with Gasteiger partial charge in [-0.15, -0.1) is 11.3 Å². The summed E-state index contributed by atoms with van der Waals surface area (Å²) in [6.07, 6.45) is 1.50. The molecule has 0 aliphatic heterocycles. The zero-order valence-corrected chi connectivity index (χ0v) is 12.1. The van der Waals surface area contributed by atoms with Crippen LogP contribution in [0.2, 0.25) is 5.02 Å². The van der Waals surface area contributed by atoms with Gasteiger partial charge in [0.25, 0.3) is 0 Å². The maximum Gasteiger partial charge on any atom is 0.128 e. The van der Waals surface area contributed by atoms with Gasteiger partial charge in [0.05, 0.1) is 17.3 Å². The molecule has 0 amide bonds. The Morgan fingerprint density at radius 3 is 2.68 bits per heavy atom. The Bertz CT molecular complexity index is 586. The highest BCUT2D eigenvalue weighted by Crippen LogP contribution is 2.20. The van der Waals surface area contributed by atoms with Crippen molar-refractivity contribution >= 4 is 22.9 Å². The molecule has 0 atom stereocenters. The number of nitrogens with zero attached hydrogens (tertiary/aromatic N) is 2. The zero-order valence-electron chi connectivity index (χ0n) is 10.5. The van der Waals surface area contributed by atoms with E-state index < -0.39 is 0 Å². The molecule has 2 aromatic rings. The minimum atomic E-state index is 0.545. The van der Waals surface area contributed by atoms with Crippen LogP contribution in [0.4, 0.5) is 0 Å². The first-order valence-corrected chi connectivity index (χ1v) is 7.19. The number of ether oxygens (including phenoxy) is 1. The van der Waals surface area contributed by atoms with E-state index in [0.717, 1.165) is 22.9 Å². The lowest BCUT2D eigenvalue weighted by atomic mass is 10.3. The fraction of sp³-hybridized carbons (Fsp3) is 0.286. The van der Waals surface area contributed by atoms with Crippen LogP contribution in [0, 0.1) is 11.3 Å². The topological polar surface area (TPSA) is 45.9 Å². The van der Waals surface area contributed by atoms with Gasteiger partial charge in [-0.1, -0.05) is 18.5 Å². The van der Waals surface area contributed by atoms with E-state index in [4.69, 9.17) is 21.6 Å². The summed E-state index contributed by atoms with van der Waals surface area (Å²) in [5, 5.41) is 10.6. The summed E-state index contributed by atoms with van der Waals surface area (Å²) in [5.41, 5.74) is 0.883. The molecule has 2 rings (SSSR count). The number of rotatable bonds is 5. The quantitative estimate of drug-likeness (QED) is 0.841. The molecule has 3 nitrogen and oxygen atoms in total. The van der Waals surface area contributed by atoms with Gasteiger partial charge < -0.3 is 4.74 Å². The van der Waals surface area contributed by atoms with Gasteiger partial charge in [0.15, 0.2) is 0 Å². The molecule has 1 aromatic carbocycles. The van der Waals surface area contributed by atoms with Gasteiger partial charge in [-0.05, 0) is 30.7 Å². The lowest BCUT2D eigenvalue weighted by molar-refractivity contribution is 0.321. The summed E-state index contributed by atoms with van der Waals surface area (Å²) in [6.45, 7) is 2.55. The largest absolute Gasteiger partial charge is 0.493 e. The van der Waals surface area contributed by atoms with E-state index in [0.29, 0.717) is 22.9 Å². The van der Waals surface area contributed by atoms with Gasteiger partial charge in [-0.2, -0.15) is 5.26 Å². The van der Waals surface area contributed by atoms with Crippen LogP contribution >= 0.6 is 22.9 Å². The molecule has 19 heavy (non-hydrogen) atoms. The number of nitriles is 1. The van der Waals surface area contributed by atoms with Crippen LogP contribution in [0.5, 0.6) is 5.75 Å². The van der Waals surface area contributed by atoms with Crippen LogP contribution in [0.1, 0.15) is 22.5 Å². The fourth-order valence-corrected chi connectivity index (χ4v) is 2.68. The van der Waals surface area contributed by atoms with Crippen molar-refractivity contribution in [1.82, 2.24) is 4.98 Å². The normalized spacial score (nSPS) is 10.2. The molecule has 0 spiro atoms. The van der Waals surface area contributed by atoms with Crippen molar-refractivity contribution < 1.29 is 4.74 Å². The van der Waals surface area contributed by atoms with E-state index >= 15 is 0 Å². The first kappa shape index (κ1) is 13.9. The fourth-order valence-electron chi connectivity index (χ4n) is 1.62. The highest BCUT2D eigenvalue weighted by molar-refractivity contribution is 7.12. The molecule has 0 N–H and O–H groups in total. The predicted molar refractivity (Wildman–Crippen MR) is 76.9 cm³/mol. The molecule has 0 bridgehead atoms. The van der Waals surface area contributed by atoms with E-state index in [1.807, 2.05) is 19.1 Å². The summed E-state index contributed by atoms with van der Waals surface area (Å²) in [4.78, 5) is 5.15. The summed E-state index contributed by atoms with van der Waals surface area (Å²) in [5.74, 6) is 0.789. The molecule has 1 aromatic heterocycles. The van der Waals surface area contributed by atoms with Crippen LogP contribution in [0.25, 0.3) is 0 Å². The van der Waals surface area contributed by atoms with Crippen molar-refractivity contribution in [3.05, 3.63) is 44.9 Å². The maximum atomic E-state index is 8.97. The standard InChI is InChI=1S/C14H13ClN2OS/c1-2-12-13(9-16)19-14(17-12)7-8-18-11-5-3-10(15)4-6-11/h3-6H,2,7-8H2,1H3. The van der Waals surface area contributed by atoms with Crippen molar-refractivity contribution in [3.63, 3.8) is 0 Å². The number of hydrogen-bond acceptors (Lipinski definition) is 4. The summed E-state index contributed by atoms with van der Waals surface area (Å²) in [6, 6.07) is 9.44. The Kier molecular flexibility index (Phi) is 4.78. The molecule has 0 unspecified atom stereocenters. The Hall–Kier alpha value is -1.57. The van der Waals surface area contributed by atoms with E-state index in [2.05, 4.69) is 11.1 Å². The van der Waals surface area contributed by atoms with Crippen molar-refractivity contribution in [2.45, 2.75) is 19.8 Å². The molecule has 0 aliphatic rings. The van der Waals surface area contributed by atoms with E-state index in [1.165, 1.54) is 11.3 Å². The predicted octanol–water partition coefficient (Wildman–Crippen LogP) is 3.85. The molecule has 0 radical (unpaired) electrons. The Morgan fingerprint density at radius 2 is 2.11 bits per heavy atom. The average Bonchev–Trinajstić information content (AvgIpc) is 2.83. The monoisotopic (exact) mass is 292 g/mol. The van der Waals surface area contributed by atoms with Gasteiger partial charge >= 0.3 is 0 Å². The van der Waals surface area contributed by atoms with E-state index in [1.54, 1.807) is 12.1 Å². The van der Waals surface area contributed by atoms with Gasteiger partial charge in [0.1, 0.15) is 16.7 Å². The molecule has 98 valence electrons. The minimum Gasteiger partial charge on any atom is -0.493 e. The SMILES string of the molecule is CCc1nc(CCOc2ccc(Cl)cc2)sc1C#N. The number of aryl methyl sites for hydroxylation is 1. The third-order valence-corrected chi connectivity index (χ3v) is 3.89. The smallest absolute Gasteiger partial charge is 0.128 e. The second-order valence-corrected chi connectivity index (χ2v) is 5.42. The second kappa shape index (κ2) is 6.55. The van der Waals surface area contributed by atoms with Crippen LogP contribution in [-0.2, 0) is 12.8 Å². The molecule has 0 fully saturated rings. The number of halogens is 1. The molecule has 0 saturated carbocycles. The summed E-state index contributed by atoms with van der Waals surface area (Å²) < 4.78 is 5.61. The highest BCUT2D eigenvalue weighted by Gasteiger charge is 2.09. The van der Waals surface area contributed by atoms with Crippen LogP contribution in [0.15, 0.2) is 24.3 Å². The van der Waals surface area contributed by atoms with Gasteiger partial charge in [-0.3, -0.25) is 0 Å². The Labute approximate surface area is 121 Å². The summed E-state index contributed by atoms with van der Waals surface area (Å²) in [7, 11) is 0. The van der Waals surface area contributed by atoms with Gasteiger partial charge in [0.2, 0.25) is 0 Å². The molecule has 0 aliphatic carbocycles. The second-order valence-electron chi connectivity index (χ2n) is 3.90. The molecular weight excluding hydrogens is 280 g/mol. The van der Waals surface area contributed by atoms with Crippen molar-refractivity contribution in [3.8, 4) is 11.8 Å². The van der Waals surface area contributed by atoms with Gasteiger partial charge in [0, 0.05) is 11.4 Å².